The van der Waals surface area contributed by atoms with Crippen molar-refractivity contribution in [1.29, 1.82) is 0 Å². The smallest absolute Gasteiger partial charge is 0.328 e. The average molecular weight is 687 g/mol. The Morgan fingerprint density at radius 1 is 0.960 bits per heavy atom. The molecule has 2 aromatic rings. The highest BCUT2D eigenvalue weighted by atomic mass is 16.6. The quantitative estimate of drug-likeness (QED) is 0.132. The van der Waals surface area contributed by atoms with E-state index in [1.165, 1.54) is 16.8 Å². The van der Waals surface area contributed by atoms with Gasteiger partial charge in [0.15, 0.2) is 0 Å². The predicted molar refractivity (Wildman–Crippen MR) is 189 cm³/mol. The molecule has 0 aliphatic heterocycles. The summed E-state index contributed by atoms with van der Waals surface area (Å²) in [5.41, 5.74) is 1.84. The number of aliphatic carboxylic acids is 1. The van der Waals surface area contributed by atoms with Crippen LogP contribution in [-0.4, -0.2) is 43.1 Å². The van der Waals surface area contributed by atoms with Crippen LogP contribution >= 0.6 is 0 Å². The van der Waals surface area contributed by atoms with Crippen LogP contribution < -0.4 is 0 Å². The van der Waals surface area contributed by atoms with Crippen molar-refractivity contribution in [2.75, 3.05) is 0 Å². The van der Waals surface area contributed by atoms with Crippen LogP contribution in [0.15, 0.2) is 42.6 Å². The summed E-state index contributed by atoms with van der Waals surface area (Å²) in [5, 5.41) is 30.0. The molecule has 7 rings (SSSR count). The van der Waals surface area contributed by atoms with Crippen molar-refractivity contribution < 1.29 is 24.4 Å². The summed E-state index contributed by atoms with van der Waals surface area (Å²) < 4.78 is 7.75. The van der Waals surface area contributed by atoms with Crippen molar-refractivity contribution in [1.82, 2.24) is 15.0 Å². The number of fused-ring (bicyclic) bond motifs is 7. The lowest BCUT2D eigenvalue weighted by Crippen LogP contribution is -2.67. The van der Waals surface area contributed by atoms with Crippen LogP contribution in [0.4, 0.5) is 5.69 Å². The van der Waals surface area contributed by atoms with Gasteiger partial charge < -0.3 is 9.84 Å². The van der Waals surface area contributed by atoms with Gasteiger partial charge >= 0.3 is 11.9 Å². The number of carbonyl (C=O) groups is 2. The molecule has 0 unspecified atom stereocenters. The van der Waals surface area contributed by atoms with Crippen molar-refractivity contribution in [3.05, 3.63) is 52.7 Å². The number of hydrogen-bond acceptors (Lipinski definition) is 7. The Hall–Kier alpha value is -3.56. The van der Waals surface area contributed by atoms with E-state index in [-0.39, 0.29) is 51.9 Å². The molecule has 1 aromatic heterocycles. The van der Waals surface area contributed by atoms with E-state index in [1.54, 1.807) is 18.3 Å². The fourth-order valence-corrected chi connectivity index (χ4v) is 13.3. The second kappa shape index (κ2) is 11.7. The summed E-state index contributed by atoms with van der Waals surface area (Å²) in [6.07, 6.45) is 11.2. The predicted octanol–water partition coefficient (Wildman–Crippen LogP) is 8.51. The molecule has 5 aliphatic carbocycles. The van der Waals surface area contributed by atoms with Crippen LogP contribution in [0.1, 0.15) is 106 Å². The first kappa shape index (κ1) is 34.9. The normalized spacial score (nSPS) is 40.0. The molecule has 10 heteroatoms. The number of rotatable bonds is 7. The number of carbonyl (C=O) groups excluding carboxylic acids is 1. The molecule has 10 nitrogen and oxygen atoms in total. The van der Waals surface area contributed by atoms with E-state index in [1.807, 2.05) is 0 Å². The van der Waals surface area contributed by atoms with E-state index in [4.69, 9.17) is 4.74 Å². The second-order valence-electron chi connectivity index (χ2n) is 18.1. The monoisotopic (exact) mass is 686 g/mol. The number of carboxylic acids is 1. The maximum atomic E-state index is 13.4. The van der Waals surface area contributed by atoms with Gasteiger partial charge in [0.05, 0.1) is 16.5 Å². The summed E-state index contributed by atoms with van der Waals surface area (Å²) in [6.45, 7) is 18.6. The van der Waals surface area contributed by atoms with Crippen LogP contribution in [0.2, 0.25) is 0 Å². The number of esters is 1. The van der Waals surface area contributed by atoms with E-state index >= 15 is 0 Å². The van der Waals surface area contributed by atoms with Crippen molar-refractivity contribution in [2.24, 2.45) is 56.7 Å². The average Bonchev–Trinajstić information content (AvgIpc) is 3.69. The summed E-state index contributed by atoms with van der Waals surface area (Å²) >= 11 is 0. The van der Waals surface area contributed by atoms with Gasteiger partial charge in [-0.2, -0.15) is 0 Å². The molecule has 1 N–H and O–H groups in total. The summed E-state index contributed by atoms with van der Waals surface area (Å²) in [5.74, 6) is 0.852. The number of nitro benzene ring substituents is 1. The minimum Gasteiger partial charge on any atom is -0.481 e. The highest BCUT2D eigenvalue weighted by Gasteiger charge is 2.72. The van der Waals surface area contributed by atoms with Crippen molar-refractivity contribution in [3.8, 4) is 11.3 Å². The van der Waals surface area contributed by atoms with E-state index in [0.29, 0.717) is 34.9 Å². The minimum absolute atomic E-state index is 0.00183. The van der Waals surface area contributed by atoms with Crippen molar-refractivity contribution >= 4 is 17.6 Å². The molecule has 0 spiro atoms. The Balaban J connectivity index is 1.07. The Labute approximate surface area is 295 Å². The summed E-state index contributed by atoms with van der Waals surface area (Å²) in [4.78, 5) is 36.9. The molecule has 50 heavy (non-hydrogen) atoms. The van der Waals surface area contributed by atoms with E-state index in [0.717, 1.165) is 69.8 Å². The molecule has 270 valence electrons. The molecule has 0 bridgehead atoms. The highest BCUT2D eigenvalue weighted by molar-refractivity contribution is 5.76. The number of ether oxygens (including phenoxy) is 1. The lowest BCUT2D eigenvalue weighted by molar-refractivity contribution is -0.384. The van der Waals surface area contributed by atoms with Gasteiger partial charge in [0, 0.05) is 23.1 Å². The van der Waals surface area contributed by atoms with Gasteiger partial charge in [0.2, 0.25) is 0 Å². The molecule has 5 fully saturated rings. The van der Waals surface area contributed by atoms with Gasteiger partial charge in [-0.25, -0.2) is 4.68 Å². The van der Waals surface area contributed by atoms with Gasteiger partial charge in [0.1, 0.15) is 18.3 Å². The molecule has 0 radical (unpaired) electrons. The first-order valence-corrected chi connectivity index (χ1v) is 18.7. The summed E-state index contributed by atoms with van der Waals surface area (Å²) in [6, 6.07) is 6.10. The minimum atomic E-state index is -0.611. The van der Waals surface area contributed by atoms with E-state index in [2.05, 4.69) is 58.4 Å². The van der Waals surface area contributed by atoms with Crippen LogP contribution in [0.3, 0.4) is 0 Å². The van der Waals surface area contributed by atoms with Crippen LogP contribution in [0.5, 0.6) is 0 Å². The second-order valence-corrected chi connectivity index (χ2v) is 18.1. The van der Waals surface area contributed by atoms with E-state index in [9.17, 15) is 24.8 Å². The zero-order valence-corrected chi connectivity index (χ0v) is 30.6. The van der Waals surface area contributed by atoms with Gasteiger partial charge in [-0.15, -0.1) is 5.10 Å². The zero-order valence-electron chi connectivity index (χ0n) is 30.6. The standard InChI is InChI=1S/C40H54N4O6/c1-24(2)27-14-19-40(35(46)47)21-20-38(6)28(34(27)40)12-13-31-37(5)17-16-32(36(3,4)30(37)15-18-39(31,38)7)50-33(45)23-43-22-29(41-42-43)25-8-10-26(11-9-25)44(48)49/h8-11,22,27-28,30-32,34H,1,12-21,23H2,2-7H3,(H,46,47)/t27-,28+,30-,31+,32-,34+,37-,38+,39+,40-/m0/s1. The molecular weight excluding hydrogens is 632 g/mol. The third-order valence-electron chi connectivity index (χ3n) is 15.9. The Morgan fingerprint density at radius 2 is 1.68 bits per heavy atom. The first-order valence-electron chi connectivity index (χ1n) is 18.7. The van der Waals surface area contributed by atoms with Crippen molar-refractivity contribution in [3.63, 3.8) is 0 Å². The number of aromatic nitrogens is 3. The summed E-state index contributed by atoms with van der Waals surface area (Å²) in [7, 11) is 0. The molecule has 5 aliphatic rings. The van der Waals surface area contributed by atoms with Gasteiger partial charge in [-0.05, 0) is 129 Å². The van der Waals surface area contributed by atoms with Crippen LogP contribution in [0.25, 0.3) is 11.3 Å². The third kappa shape index (κ3) is 4.93. The van der Waals surface area contributed by atoms with E-state index < -0.39 is 16.3 Å². The molecule has 10 atom stereocenters. The number of allylic oxidation sites excluding steroid dienone is 1. The van der Waals surface area contributed by atoms with Gasteiger partial charge in [0.25, 0.3) is 5.69 Å². The number of non-ortho nitro benzene ring substituents is 1. The topological polar surface area (TPSA) is 137 Å². The molecule has 5 saturated carbocycles. The largest absolute Gasteiger partial charge is 0.481 e. The molecular formula is C40H54N4O6. The van der Waals surface area contributed by atoms with Crippen LogP contribution in [-0.2, 0) is 20.9 Å². The van der Waals surface area contributed by atoms with Gasteiger partial charge in [-0.1, -0.05) is 52.0 Å². The fourth-order valence-electron chi connectivity index (χ4n) is 13.3. The Kier molecular flexibility index (Phi) is 8.19. The maximum Gasteiger partial charge on any atom is 0.328 e. The zero-order chi connectivity index (χ0) is 36.0. The first-order chi connectivity index (χ1) is 23.5. The lowest BCUT2D eigenvalue weighted by Gasteiger charge is -2.72. The highest BCUT2D eigenvalue weighted by Crippen LogP contribution is 2.77. The van der Waals surface area contributed by atoms with Crippen molar-refractivity contribution in [2.45, 2.75) is 118 Å². The Bertz CT molecular complexity index is 1720. The molecule has 1 aromatic carbocycles. The third-order valence-corrected chi connectivity index (χ3v) is 15.9. The van der Waals surface area contributed by atoms with Crippen LogP contribution in [0, 0.1) is 66.8 Å². The number of carboxylic acid groups (broad SMARTS) is 1. The molecule has 1 heterocycles. The number of hydrogen-bond donors (Lipinski definition) is 1. The number of benzene rings is 1. The fraction of sp³-hybridized carbons (Fsp3) is 0.700. The SMILES string of the molecule is C=C(C)[C@@H]1CC[C@]2(C(=O)O)CC[C@]3(C)[C@H](CC[C@@H]4[C@@]5(C)CC[C@H](OC(=O)Cn6cc(-c7ccc([N+](=O)[O-])cc7)nn6)C(C)(C)[C@@H]5CC[C@]43C)[C@@H]12. The molecule has 0 saturated heterocycles. The lowest BCUT2D eigenvalue weighted by atomic mass is 9.32. The number of nitro groups is 1. The number of nitrogens with zero attached hydrogens (tertiary/aromatic N) is 4. The van der Waals surface area contributed by atoms with Gasteiger partial charge in [-0.3, -0.25) is 19.7 Å². The molecule has 0 amide bonds. The Morgan fingerprint density at radius 3 is 2.34 bits per heavy atom. The maximum absolute atomic E-state index is 13.4.